The number of benzene rings is 3. The maximum Gasteiger partial charge on any atom is 0.273 e. The summed E-state index contributed by atoms with van der Waals surface area (Å²) >= 11 is 0. The molecule has 4 aromatic rings. The summed E-state index contributed by atoms with van der Waals surface area (Å²) in [6.07, 6.45) is 6.00. The summed E-state index contributed by atoms with van der Waals surface area (Å²) in [5.41, 5.74) is 3.22. The van der Waals surface area contributed by atoms with E-state index < -0.39 is 0 Å². The Morgan fingerprint density at radius 1 is 0.789 bits per heavy atom. The van der Waals surface area contributed by atoms with E-state index in [1.165, 1.54) is 11.4 Å². The van der Waals surface area contributed by atoms with Gasteiger partial charge >= 0.3 is 0 Å². The van der Waals surface area contributed by atoms with Crippen molar-refractivity contribution in [1.82, 2.24) is 14.8 Å². The number of nitrogens with zero attached hydrogens (tertiary/aromatic N) is 4. The Labute approximate surface area is 225 Å². The molecule has 3 aromatic carbocycles. The Bertz CT molecular complexity index is 1330. The molecule has 38 heavy (non-hydrogen) atoms. The molecule has 2 aliphatic rings. The third kappa shape index (κ3) is 4.79. The zero-order valence-corrected chi connectivity index (χ0v) is 22.2. The van der Waals surface area contributed by atoms with E-state index in [0.29, 0.717) is 11.7 Å². The van der Waals surface area contributed by atoms with Crippen molar-refractivity contribution >= 4 is 28.1 Å². The molecule has 5 heteroatoms. The lowest BCUT2D eigenvalue weighted by Gasteiger charge is -2.50. The molecule has 2 saturated heterocycles. The highest BCUT2D eigenvalue weighted by Crippen LogP contribution is 2.36. The van der Waals surface area contributed by atoms with Crippen LogP contribution in [0.25, 0.3) is 10.8 Å². The van der Waals surface area contributed by atoms with Crippen LogP contribution < -0.4 is 4.90 Å². The van der Waals surface area contributed by atoms with Crippen molar-refractivity contribution in [2.24, 2.45) is 0 Å². The highest BCUT2D eigenvalue weighted by molar-refractivity contribution is 6.05. The van der Waals surface area contributed by atoms with Crippen LogP contribution in [0.15, 0.2) is 97.2 Å². The molecule has 2 fully saturated rings. The lowest BCUT2D eigenvalue weighted by atomic mass is 9.85. The molecule has 0 atom stereocenters. The highest BCUT2D eigenvalue weighted by atomic mass is 16.2. The number of piperidine rings is 2. The SMILES string of the molecule is CC1(N2CCC(N(c3ccccc3)c3ccccc3)CC2)CCN(C(=O)c2nccc3ccccc23)CC1. The molecule has 1 aromatic heterocycles. The van der Waals surface area contributed by atoms with Crippen LogP contribution in [0.4, 0.5) is 11.4 Å². The van der Waals surface area contributed by atoms with E-state index >= 15 is 0 Å². The molecule has 0 bridgehead atoms. The number of aromatic nitrogens is 1. The fourth-order valence-electron chi connectivity index (χ4n) is 6.36. The first-order valence-corrected chi connectivity index (χ1v) is 13.9. The van der Waals surface area contributed by atoms with Gasteiger partial charge in [-0.1, -0.05) is 60.7 Å². The molecule has 6 rings (SSSR count). The van der Waals surface area contributed by atoms with Crippen molar-refractivity contribution in [3.63, 3.8) is 0 Å². The van der Waals surface area contributed by atoms with E-state index in [-0.39, 0.29) is 11.4 Å². The number of rotatable bonds is 5. The monoisotopic (exact) mass is 504 g/mol. The van der Waals surface area contributed by atoms with E-state index in [1.807, 2.05) is 35.2 Å². The third-order valence-corrected chi connectivity index (χ3v) is 8.67. The lowest BCUT2D eigenvalue weighted by molar-refractivity contribution is 0.0176. The van der Waals surface area contributed by atoms with E-state index in [1.54, 1.807) is 6.20 Å². The molecule has 0 aliphatic carbocycles. The highest BCUT2D eigenvalue weighted by Gasteiger charge is 2.39. The number of amides is 1. The molecule has 0 saturated carbocycles. The summed E-state index contributed by atoms with van der Waals surface area (Å²) < 4.78 is 0. The number of carbonyl (C=O) groups is 1. The van der Waals surface area contributed by atoms with Gasteiger partial charge in [0.2, 0.25) is 0 Å². The number of hydrogen-bond donors (Lipinski definition) is 0. The van der Waals surface area contributed by atoms with Crippen molar-refractivity contribution in [1.29, 1.82) is 0 Å². The Balaban J connectivity index is 1.11. The fraction of sp³-hybridized carbons (Fsp3) is 0.333. The minimum Gasteiger partial charge on any atom is -0.338 e. The van der Waals surface area contributed by atoms with E-state index in [4.69, 9.17) is 0 Å². The van der Waals surface area contributed by atoms with Gasteiger partial charge in [-0.2, -0.15) is 0 Å². The predicted molar refractivity (Wildman–Crippen MR) is 155 cm³/mol. The van der Waals surface area contributed by atoms with Crippen molar-refractivity contribution in [3.8, 4) is 0 Å². The van der Waals surface area contributed by atoms with Crippen LogP contribution in [0, 0.1) is 0 Å². The maximum atomic E-state index is 13.4. The Hall–Kier alpha value is -3.70. The van der Waals surface area contributed by atoms with Gasteiger partial charge in [0.25, 0.3) is 5.91 Å². The van der Waals surface area contributed by atoms with Gasteiger partial charge in [0, 0.05) is 60.7 Å². The molecule has 3 heterocycles. The second-order valence-electron chi connectivity index (χ2n) is 10.9. The van der Waals surface area contributed by atoms with Crippen molar-refractivity contribution < 1.29 is 4.79 Å². The number of fused-ring (bicyclic) bond motifs is 1. The average molecular weight is 505 g/mol. The van der Waals surface area contributed by atoms with E-state index in [2.05, 4.69) is 82.4 Å². The molecular weight excluding hydrogens is 468 g/mol. The molecule has 0 N–H and O–H groups in total. The van der Waals surface area contributed by atoms with Gasteiger partial charge in [-0.15, -0.1) is 0 Å². The number of anilines is 2. The van der Waals surface area contributed by atoms with Crippen molar-refractivity contribution in [3.05, 3.63) is 103 Å². The Morgan fingerprint density at radius 2 is 1.37 bits per heavy atom. The Morgan fingerprint density at radius 3 is 2.00 bits per heavy atom. The summed E-state index contributed by atoms with van der Waals surface area (Å²) in [5.74, 6) is 0.0592. The number of carbonyl (C=O) groups excluding carboxylic acids is 1. The van der Waals surface area contributed by atoms with Gasteiger partial charge in [-0.05, 0) is 68.3 Å². The zero-order valence-electron chi connectivity index (χ0n) is 22.2. The smallest absolute Gasteiger partial charge is 0.273 e. The predicted octanol–water partition coefficient (Wildman–Crippen LogP) is 6.53. The summed E-state index contributed by atoms with van der Waals surface area (Å²) in [6, 6.07) is 32.0. The van der Waals surface area contributed by atoms with Crippen molar-refractivity contribution in [2.75, 3.05) is 31.1 Å². The minimum absolute atomic E-state index is 0.0592. The molecular formula is C33H36N4O. The molecule has 0 spiro atoms. The Kier molecular flexibility index (Phi) is 6.86. The first-order valence-electron chi connectivity index (χ1n) is 13.9. The molecule has 5 nitrogen and oxygen atoms in total. The maximum absolute atomic E-state index is 13.4. The first kappa shape index (κ1) is 24.6. The fourth-order valence-corrected chi connectivity index (χ4v) is 6.36. The summed E-state index contributed by atoms with van der Waals surface area (Å²) in [5, 5.41) is 2.01. The molecule has 0 unspecified atom stereocenters. The summed E-state index contributed by atoms with van der Waals surface area (Å²) in [6.45, 7) is 6.12. The molecule has 2 aliphatic heterocycles. The minimum atomic E-state index is 0.0592. The van der Waals surface area contributed by atoms with Gasteiger partial charge in [0.05, 0.1) is 0 Å². The summed E-state index contributed by atoms with van der Waals surface area (Å²) in [4.78, 5) is 25.1. The third-order valence-electron chi connectivity index (χ3n) is 8.67. The number of likely N-dealkylation sites (tertiary alicyclic amines) is 2. The van der Waals surface area contributed by atoms with Crippen LogP contribution in [-0.4, -0.2) is 58.5 Å². The van der Waals surface area contributed by atoms with E-state index in [9.17, 15) is 4.79 Å². The van der Waals surface area contributed by atoms with Crippen LogP contribution in [0.5, 0.6) is 0 Å². The van der Waals surface area contributed by atoms with Gasteiger partial charge in [-0.3, -0.25) is 14.7 Å². The van der Waals surface area contributed by atoms with Crippen LogP contribution in [0.3, 0.4) is 0 Å². The number of pyridine rings is 1. The number of para-hydroxylation sites is 2. The van der Waals surface area contributed by atoms with Crippen LogP contribution >= 0.6 is 0 Å². The van der Waals surface area contributed by atoms with Crippen LogP contribution in [0.1, 0.15) is 43.1 Å². The molecule has 0 radical (unpaired) electrons. The average Bonchev–Trinajstić information content (AvgIpc) is 2.98. The van der Waals surface area contributed by atoms with Gasteiger partial charge in [-0.25, -0.2) is 0 Å². The quantitative estimate of drug-likeness (QED) is 0.310. The largest absolute Gasteiger partial charge is 0.338 e. The first-order chi connectivity index (χ1) is 18.6. The summed E-state index contributed by atoms with van der Waals surface area (Å²) in [7, 11) is 0. The zero-order chi connectivity index (χ0) is 26.0. The second-order valence-corrected chi connectivity index (χ2v) is 10.9. The second kappa shape index (κ2) is 10.6. The normalized spacial score (nSPS) is 18.4. The standard InChI is InChI=1S/C33H36N4O/c1-33(19-24-35(25-20-33)32(38)31-30-15-9-8-10-26(30)16-21-34-31)36-22-17-29(18-23-36)37(27-11-4-2-5-12-27)28-13-6-3-7-14-28/h2-16,21,29H,17-20,22-25H2,1H3. The molecule has 194 valence electrons. The van der Waals surface area contributed by atoms with Gasteiger partial charge in [0.15, 0.2) is 0 Å². The van der Waals surface area contributed by atoms with E-state index in [0.717, 1.165) is 62.6 Å². The molecule has 1 amide bonds. The van der Waals surface area contributed by atoms with Crippen LogP contribution in [-0.2, 0) is 0 Å². The lowest BCUT2D eigenvalue weighted by Crippen LogP contribution is -2.57. The van der Waals surface area contributed by atoms with Gasteiger partial charge < -0.3 is 9.80 Å². The van der Waals surface area contributed by atoms with Crippen LogP contribution in [0.2, 0.25) is 0 Å². The topological polar surface area (TPSA) is 39.7 Å². The van der Waals surface area contributed by atoms with Gasteiger partial charge in [0.1, 0.15) is 5.69 Å². The number of hydrogen-bond acceptors (Lipinski definition) is 4. The van der Waals surface area contributed by atoms with Crippen molar-refractivity contribution in [2.45, 2.75) is 44.2 Å².